The summed E-state index contributed by atoms with van der Waals surface area (Å²) >= 11 is 15.0. The van der Waals surface area contributed by atoms with E-state index in [2.05, 4.69) is 48.3 Å². The number of nitrogens with one attached hydrogen (secondary N) is 1. The fraction of sp³-hybridized carbons (Fsp3) is 0.417. The molecule has 2 rings (SSSR count). The number of aromatic nitrogens is 2. The quantitative estimate of drug-likeness (QED) is 0.731. The lowest BCUT2D eigenvalue weighted by molar-refractivity contribution is 0.182. The van der Waals surface area contributed by atoms with Crippen LogP contribution in [0.3, 0.4) is 0 Å². The van der Waals surface area contributed by atoms with E-state index in [9.17, 15) is 0 Å². The highest BCUT2D eigenvalue weighted by atomic mass is 79.9. The Kier molecular flexibility index (Phi) is 6.07. The predicted molar refractivity (Wildman–Crippen MR) is 89.7 cm³/mol. The first-order valence-electron chi connectivity index (χ1n) is 5.90. The summed E-state index contributed by atoms with van der Waals surface area (Å²) in [6.45, 7) is 1.27. The standard InChI is InChI=1S/C12H14Br2ClN3OS/c1-16-10(9-5-7(13)12(14)20-9)11-8(15)6-17-18(11)3-4-19-2/h5-6,10,16H,3-4H2,1-2H3. The third-order valence-corrected chi connectivity index (χ3v) is 6.46. The van der Waals surface area contributed by atoms with E-state index in [1.165, 1.54) is 0 Å². The van der Waals surface area contributed by atoms with Crippen molar-refractivity contribution < 1.29 is 4.74 Å². The van der Waals surface area contributed by atoms with Gasteiger partial charge in [-0.15, -0.1) is 11.3 Å². The van der Waals surface area contributed by atoms with Crippen LogP contribution in [0.15, 0.2) is 20.5 Å². The average molecular weight is 444 g/mol. The molecule has 8 heteroatoms. The van der Waals surface area contributed by atoms with E-state index < -0.39 is 0 Å². The maximum atomic E-state index is 6.31. The zero-order valence-corrected chi connectivity index (χ0v) is 15.7. The van der Waals surface area contributed by atoms with Gasteiger partial charge in [0.05, 0.1) is 39.9 Å². The Morgan fingerprint density at radius 3 is 2.85 bits per heavy atom. The lowest BCUT2D eigenvalue weighted by Crippen LogP contribution is -2.22. The van der Waals surface area contributed by atoms with Gasteiger partial charge in [0.2, 0.25) is 0 Å². The molecule has 0 spiro atoms. The van der Waals surface area contributed by atoms with Gasteiger partial charge in [-0.3, -0.25) is 4.68 Å². The van der Waals surface area contributed by atoms with E-state index in [1.807, 2.05) is 11.7 Å². The second kappa shape index (κ2) is 7.38. The zero-order chi connectivity index (χ0) is 14.7. The SMILES string of the molecule is CNC(c1cc(Br)c(Br)s1)c1c(Cl)cnn1CCOC. The molecule has 2 aromatic heterocycles. The maximum Gasteiger partial charge on any atom is 0.0855 e. The topological polar surface area (TPSA) is 39.1 Å². The molecule has 0 amide bonds. The van der Waals surface area contributed by atoms with Gasteiger partial charge in [0, 0.05) is 16.5 Å². The van der Waals surface area contributed by atoms with Crippen LogP contribution in [0.5, 0.6) is 0 Å². The van der Waals surface area contributed by atoms with Crippen molar-refractivity contribution >= 4 is 54.8 Å². The van der Waals surface area contributed by atoms with Crippen molar-refractivity contribution in [2.45, 2.75) is 12.6 Å². The first-order valence-corrected chi connectivity index (χ1v) is 8.68. The summed E-state index contributed by atoms with van der Waals surface area (Å²) in [5.41, 5.74) is 0.951. The van der Waals surface area contributed by atoms with Crippen molar-refractivity contribution in [3.8, 4) is 0 Å². The third-order valence-electron chi connectivity index (χ3n) is 2.85. The summed E-state index contributed by atoms with van der Waals surface area (Å²) in [7, 11) is 3.59. The highest BCUT2D eigenvalue weighted by Gasteiger charge is 2.23. The minimum Gasteiger partial charge on any atom is -0.383 e. The summed E-state index contributed by atoms with van der Waals surface area (Å²) in [5, 5.41) is 8.28. The first-order chi connectivity index (χ1) is 9.58. The summed E-state index contributed by atoms with van der Waals surface area (Å²) in [6.07, 6.45) is 1.68. The summed E-state index contributed by atoms with van der Waals surface area (Å²) < 4.78 is 9.10. The number of nitrogens with zero attached hydrogens (tertiary/aromatic N) is 2. The number of hydrogen-bond donors (Lipinski definition) is 1. The molecule has 0 saturated heterocycles. The van der Waals surface area contributed by atoms with Crippen molar-refractivity contribution in [1.29, 1.82) is 0 Å². The molecule has 0 radical (unpaired) electrons. The van der Waals surface area contributed by atoms with Gasteiger partial charge in [0.25, 0.3) is 0 Å². The summed E-state index contributed by atoms with van der Waals surface area (Å²) in [5.74, 6) is 0. The molecule has 110 valence electrons. The van der Waals surface area contributed by atoms with E-state index in [0.29, 0.717) is 18.2 Å². The van der Waals surface area contributed by atoms with Crippen molar-refractivity contribution in [2.75, 3.05) is 20.8 Å². The molecule has 1 unspecified atom stereocenters. The molecule has 0 saturated carbocycles. The first kappa shape index (κ1) is 16.5. The van der Waals surface area contributed by atoms with E-state index >= 15 is 0 Å². The zero-order valence-electron chi connectivity index (χ0n) is 11.0. The van der Waals surface area contributed by atoms with Crippen LogP contribution in [0.1, 0.15) is 16.6 Å². The van der Waals surface area contributed by atoms with Gasteiger partial charge >= 0.3 is 0 Å². The number of halogens is 3. The van der Waals surface area contributed by atoms with Crippen LogP contribution < -0.4 is 5.32 Å². The Balaban J connectivity index is 2.38. The fourth-order valence-corrected chi connectivity index (χ4v) is 4.39. The fourth-order valence-electron chi connectivity index (χ4n) is 1.93. The van der Waals surface area contributed by atoms with Gasteiger partial charge in [-0.1, -0.05) is 11.6 Å². The Hall–Kier alpha value is 0.0800. The molecule has 0 aromatic carbocycles. The van der Waals surface area contributed by atoms with Crippen molar-refractivity contribution in [2.24, 2.45) is 0 Å². The average Bonchev–Trinajstić information content (AvgIpc) is 2.94. The third kappa shape index (κ3) is 3.45. The highest BCUT2D eigenvalue weighted by Crippen LogP contribution is 2.38. The Morgan fingerprint density at radius 1 is 1.55 bits per heavy atom. The molecule has 4 nitrogen and oxygen atoms in total. The second-order valence-electron chi connectivity index (χ2n) is 4.09. The molecule has 0 aliphatic rings. The molecule has 2 heterocycles. The monoisotopic (exact) mass is 441 g/mol. The lowest BCUT2D eigenvalue weighted by atomic mass is 10.1. The van der Waals surface area contributed by atoms with Crippen LogP contribution in [0.25, 0.3) is 0 Å². The maximum absolute atomic E-state index is 6.31. The van der Waals surface area contributed by atoms with Gasteiger partial charge in [-0.05, 0) is 45.0 Å². The Labute approximate surface area is 143 Å². The molecule has 2 aromatic rings. The second-order valence-corrected chi connectivity index (χ2v) is 7.75. The van der Waals surface area contributed by atoms with Crippen LogP contribution in [0, 0.1) is 0 Å². The lowest BCUT2D eigenvalue weighted by Gasteiger charge is -2.17. The predicted octanol–water partition coefficient (Wildman–Crippen LogP) is 4.08. The molecular weight excluding hydrogens is 429 g/mol. The molecular formula is C12H14Br2ClN3OS. The highest BCUT2D eigenvalue weighted by molar-refractivity contribution is 9.13. The molecule has 0 aliphatic carbocycles. The molecule has 0 fully saturated rings. The van der Waals surface area contributed by atoms with Crippen molar-refractivity contribution in [3.63, 3.8) is 0 Å². The number of hydrogen-bond acceptors (Lipinski definition) is 4. The molecule has 0 bridgehead atoms. The van der Waals surface area contributed by atoms with Crippen LogP contribution in [-0.2, 0) is 11.3 Å². The van der Waals surface area contributed by atoms with Crippen LogP contribution >= 0.6 is 54.8 Å². The van der Waals surface area contributed by atoms with E-state index in [0.717, 1.165) is 18.8 Å². The van der Waals surface area contributed by atoms with Crippen LogP contribution in [-0.4, -0.2) is 30.5 Å². The minimum absolute atomic E-state index is 0.00513. The Morgan fingerprint density at radius 2 is 2.30 bits per heavy atom. The van der Waals surface area contributed by atoms with Gasteiger partial charge in [-0.2, -0.15) is 5.10 Å². The largest absolute Gasteiger partial charge is 0.383 e. The number of methoxy groups -OCH3 is 1. The molecule has 1 atom stereocenters. The molecule has 20 heavy (non-hydrogen) atoms. The number of thiophene rings is 1. The van der Waals surface area contributed by atoms with E-state index in [-0.39, 0.29) is 6.04 Å². The number of rotatable bonds is 6. The van der Waals surface area contributed by atoms with Crippen molar-refractivity contribution in [3.05, 3.63) is 36.1 Å². The van der Waals surface area contributed by atoms with E-state index in [1.54, 1.807) is 24.6 Å². The van der Waals surface area contributed by atoms with Crippen LogP contribution in [0.2, 0.25) is 5.02 Å². The number of ether oxygens (including phenoxy) is 1. The smallest absolute Gasteiger partial charge is 0.0855 e. The van der Waals surface area contributed by atoms with Crippen molar-refractivity contribution in [1.82, 2.24) is 15.1 Å². The normalized spacial score (nSPS) is 12.8. The van der Waals surface area contributed by atoms with E-state index in [4.69, 9.17) is 16.3 Å². The van der Waals surface area contributed by atoms with Gasteiger partial charge < -0.3 is 10.1 Å². The van der Waals surface area contributed by atoms with Gasteiger partial charge in [0.1, 0.15) is 0 Å². The Bertz CT molecular complexity index is 568. The van der Waals surface area contributed by atoms with Crippen LogP contribution in [0.4, 0.5) is 0 Å². The van der Waals surface area contributed by atoms with Gasteiger partial charge in [0.15, 0.2) is 0 Å². The summed E-state index contributed by atoms with van der Waals surface area (Å²) in [6, 6.07) is 2.08. The molecule has 1 N–H and O–H groups in total. The minimum atomic E-state index is -0.00513. The summed E-state index contributed by atoms with van der Waals surface area (Å²) in [4.78, 5) is 1.16. The van der Waals surface area contributed by atoms with Gasteiger partial charge in [-0.25, -0.2) is 0 Å². The molecule has 0 aliphatic heterocycles.